The Bertz CT molecular complexity index is 680. The molecule has 124 valence electrons. The number of thiazole rings is 1. The third-order valence-corrected chi connectivity index (χ3v) is 5.43. The number of amides is 1. The van der Waals surface area contributed by atoms with Crippen LogP contribution in [0.3, 0.4) is 0 Å². The van der Waals surface area contributed by atoms with Crippen LogP contribution in [-0.4, -0.2) is 45.7 Å². The molecule has 1 atom stereocenters. The molecule has 0 spiro atoms. The first kappa shape index (κ1) is 16.1. The van der Waals surface area contributed by atoms with Gasteiger partial charge in [-0.15, -0.1) is 11.3 Å². The minimum atomic E-state index is 0.0140. The number of carbonyl (C=O) groups excluding carboxylic acids is 1. The van der Waals surface area contributed by atoms with Gasteiger partial charge >= 0.3 is 0 Å². The van der Waals surface area contributed by atoms with Gasteiger partial charge in [-0.3, -0.25) is 19.3 Å². The largest absolute Gasteiger partial charge is 0.297 e. The Hall–Kier alpha value is -1.73. The normalized spacial score (nSPS) is 19.0. The van der Waals surface area contributed by atoms with Gasteiger partial charge in [-0.05, 0) is 25.5 Å². The van der Waals surface area contributed by atoms with E-state index in [0.717, 1.165) is 30.5 Å². The van der Waals surface area contributed by atoms with Crippen LogP contribution in [0.1, 0.15) is 37.1 Å². The van der Waals surface area contributed by atoms with Crippen molar-refractivity contribution in [2.24, 2.45) is 7.05 Å². The monoisotopic (exact) mass is 333 g/mol. The van der Waals surface area contributed by atoms with E-state index in [9.17, 15) is 4.79 Å². The average molecular weight is 333 g/mol. The van der Waals surface area contributed by atoms with Crippen molar-refractivity contribution in [2.75, 3.05) is 25.0 Å². The van der Waals surface area contributed by atoms with Gasteiger partial charge in [0.15, 0.2) is 5.13 Å². The molecule has 1 saturated heterocycles. The van der Waals surface area contributed by atoms with E-state index in [2.05, 4.69) is 26.4 Å². The molecule has 0 saturated carbocycles. The number of hydrogen-bond acceptors (Lipinski definition) is 5. The summed E-state index contributed by atoms with van der Waals surface area (Å²) >= 11 is 1.53. The molecule has 3 heterocycles. The van der Waals surface area contributed by atoms with E-state index in [1.54, 1.807) is 18.9 Å². The topological polar surface area (TPSA) is 54.3 Å². The smallest absolute Gasteiger partial charge is 0.225 e. The number of aromatic nitrogens is 3. The Kier molecular flexibility index (Phi) is 4.77. The molecule has 0 aliphatic carbocycles. The summed E-state index contributed by atoms with van der Waals surface area (Å²) in [6.07, 6.45) is 4.28. The zero-order valence-electron chi connectivity index (χ0n) is 13.9. The number of carbonyl (C=O) groups is 1. The number of anilines is 1. The lowest BCUT2D eigenvalue weighted by Crippen LogP contribution is -2.34. The highest BCUT2D eigenvalue weighted by molar-refractivity contribution is 7.14. The van der Waals surface area contributed by atoms with Gasteiger partial charge in [0.2, 0.25) is 5.91 Å². The number of aryl methyl sites for hydroxylation is 1. The van der Waals surface area contributed by atoms with Gasteiger partial charge in [-0.25, -0.2) is 4.98 Å². The number of likely N-dealkylation sites (tertiary alicyclic amines) is 1. The van der Waals surface area contributed by atoms with E-state index in [1.165, 1.54) is 29.9 Å². The predicted molar refractivity (Wildman–Crippen MR) is 91.7 cm³/mol. The first-order valence-electron chi connectivity index (χ1n) is 7.93. The number of hydrogen-bond donors (Lipinski definition) is 0. The lowest BCUT2D eigenvalue weighted by molar-refractivity contribution is -0.116. The van der Waals surface area contributed by atoms with E-state index >= 15 is 0 Å². The summed E-state index contributed by atoms with van der Waals surface area (Å²) in [6, 6.07) is 2.12. The fourth-order valence-corrected chi connectivity index (χ4v) is 3.94. The van der Waals surface area contributed by atoms with Crippen LogP contribution in [0.15, 0.2) is 17.6 Å². The number of piperidine rings is 1. The van der Waals surface area contributed by atoms with Crippen LogP contribution in [-0.2, 0) is 18.4 Å². The maximum Gasteiger partial charge on any atom is 0.225 e. The highest BCUT2D eigenvalue weighted by atomic mass is 32.1. The molecule has 2 aromatic rings. The van der Waals surface area contributed by atoms with Gasteiger partial charge < -0.3 is 0 Å². The molecule has 23 heavy (non-hydrogen) atoms. The predicted octanol–water partition coefficient (Wildman–Crippen LogP) is 2.24. The van der Waals surface area contributed by atoms with Crippen LogP contribution in [0.25, 0.3) is 0 Å². The van der Waals surface area contributed by atoms with Crippen LogP contribution >= 0.6 is 11.3 Å². The Balaban J connectivity index is 1.64. The van der Waals surface area contributed by atoms with E-state index in [0.29, 0.717) is 5.92 Å². The average Bonchev–Trinajstić information content (AvgIpc) is 3.15. The molecule has 0 aromatic carbocycles. The fraction of sp³-hybridized carbons (Fsp3) is 0.562. The second-order valence-corrected chi connectivity index (χ2v) is 6.99. The zero-order chi connectivity index (χ0) is 16.4. The maximum atomic E-state index is 11.4. The van der Waals surface area contributed by atoms with Gasteiger partial charge in [0.1, 0.15) is 0 Å². The Morgan fingerprint density at radius 1 is 1.52 bits per heavy atom. The molecular weight excluding hydrogens is 310 g/mol. The highest BCUT2D eigenvalue weighted by Gasteiger charge is 2.24. The Morgan fingerprint density at radius 3 is 3.04 bits per heavy atom. The van der Waals surface area contributed by atoms with Gasteiger partial charge in [-0.2, -0.15) is 5.10 Å². The van der Waals surface area contributed by atoms with Crippen molar-refractivity contribution in [3.8, 4) is 0 Å². The van der Waals surface area contributed by atoms with Crippen molar-refractivity contribution in [3.63, 3.8) is 0 Å². The molecule has 1 amide bonds. The molecule has 3 rings (SSSR count). The Morgan fingerprint density at radius 2 is 2.35 bits per heavy atom. The van der Waals surface area contributed by atoms with Crippen LogP contribution in [0.5, 0.6) is 0 Å². The van der Waals surface area contributed by atoms with Crippen LogP contribution in [0, 0.1) is 0 Å². The quantitative estimate of drug-likeness (QED) is 0.861. The van der Waals surface area contributed by atoms with Crippen molar-refractivity contribution < 1.29 is 4.79 Å². The van der Waals surface area contributed by atoms with Crippen LogP contribution in [0.4, 0.5) is 5.13 Å². The van der Waals surface area contributed by atoms with Crippen molar-refractivity contribution in [1.82, 2.24) is 19.7 Å². The summed E-state index contributed by atoms with van der Waals surface area (Å²) in [5.41, 5.74) is 2.36. The number of rotatable bonds is 4. The minimum absolute atomic E-state index is 0.0140. The van der Waals surface area contributed by atoms with Crippen LogP contribution in [0.2, 0.25) is 0 Å². The molecule has 7 heteroatoms. The first-order valence-corrected chi connectivity index (χ1v) is 8.81. The summed E-state index contributed by atoms with van der Waals surface area (Å²) in [5, 5.41) is 7.12. The minimum Gasteiger partial charge on any atom is -0.297 e. The molecule has 0 radical (unpaired) electrons. The Labute approximate surface area is 140 Å². The maximum absolute atomic E-state index is 11.4. The molecule has 1 aliphatic heterocycles. The lowest BCUT2D eigenvalue weighted by Gasteiger charge is -2.32. The van der Waals surface area contributed by atoms with Crippen molar-refractivity contribution in [2.45, 2.75) is 32.2 Å². The van der Waals surface area contributed by atoms with Gasteiger partial charge in [-0.1, -0.05) is 0 Å². The molecule has 2 aromatic heterocycles. The van der Waals surface area contributed by atoms with Crippen LogP contribution < -0.4 is 4.90 Å². The molecule has 0 N–H and O–H groups in total. The highest BCUT2D eigenvalue weighted by Crippen LogP contribution is 2.28. The summed E-state index contributed by atoms with van der Waals surface area (Å²) in [5.74, 6) is 0.550. The second-order valence-electron chi connectivity index (χ2n) is 6.15. The zero-order valence-corrected chi connectivity index (χ0v) is 14.7. The summed E-state index contributed by atoms with van der Waals surface area (Å²) < 4.78 is 1.98. The third-order valence-electron chi connectivity index (χ3n) is 4.47. The molecule has 0 bridgehead atoms. The van der Waals surface area contributed by atoms with Crippen molar-refractivity contribution in [3.05, 3.63) is 29.0 Å². The van der Waals surface area contributed by atoms with E-state index < -0.39 is 0 Å². The lowest BCUT2D eigenvalue weighted by atomic mass is 9.94. The number of nitrogens with zero attached hydrogens (tertiary/aromatic N) is 5. The second kappa shape index (κ2) is 6.80. The molecular formula is C16H23N5OS. The van der Waals surface area contributed by atoms with Gasteiger partial charge in [0.25, 0.3) is 0 Å². The first-order chi connectivity index (χ1) is 11.0. The molecule has 1 fully saturated rings. The van der Waals surface area contributed by atoms with Crippen molar-refractivity contribution in [1.29, 1.82) is 0 Å². The van der Waals surface area contributed by atoms with Crippen molar-refractivity contribution >= 4 is 22.4 Å². The van der Waals surface area contributed by atoms with Gasteiger partial charge in [0, 0.05) is 57.3 Å². The van der Waals surface area contributed by atoms with E-state index in [1.807, 2.05) is 17.9 Å². The molecule has 6 nitrogen and oxygen atoms in total. The third kappa shape index (κ3) is 3.61. The summed E-state index contributed by atoms with van der Waals surface area (Å²) in [7, 11) is 3.78. The fourth-order valence-electron chi connectivity index (χ4n) is 3.11. The van der Waals surface area contributed by atoms with E-state index in [-0.39, 0.29) is 5.91 Å². The van der Waals surface area contributed by atoms with E-state index in [4.69, 9.17) is 0 Å². The van der Waals surface area contributed by atoms with Gasteiger partial charge in [0.05, 0.1) is 5.69 Å². The molecule has 0 unspecified atom stereocenters. The summed E-state index contributed by atoms with van der Waals surface area (Å²) in [4.78, 5) is 20.1. The standard InChI is InChI=1S/C16H23N5OS/c1-12(22)19(2)16-18-14(11-23-16)10-21-8-4-5-13(9-21)15-6-7-17-20(15)3/h6-7,11,13H,4-5,8-10H2,1-3H3/t13-/m0/s1. The SMILES string of the molecule is CC(=O)N(C)c1nc(CN2CCC[C@H](c3ccnn3C)C2)cs1. The molecule has 1 aliphatic rings. The summed E-state index contributed by atoms with van der Waals surface area (Å²) in [6.45, 7) is 4.54.